The summed E-state index contributed by atoms with van der Waals surface area (Å²) in [5, 5.41) is 3.63. The van der Waals surface area contributed by atoms with Gasteiger partial charge < -0.3 is 10.1 Å². The van der Waals surface area contributed by atoms with E-state index in [1.54, 1.807) is 7.11 Å². The van der Waals surface area contributed by atoms with Crippen LogP contribution in [0, 0.1) is 6.92 Å². The van der Waals surface area contributed by atoms with Gasteiger partial charge >= 0.3 is 0 Å². The molecule has 0 amide bonds. The van der Waals surface area contributed by atoms with Gasteiger partial charge in [0.1, 0.15) is 0 Å². The second-order valence-corrected chi connectivity index (χ2v) is 5.60. The van der Waals surface area contributed by atoms with E-state index >= 15 is 0 Å². The molecular weight excluding hydrogens is 218 g/mol. The zero-order valence-corrected chi connectivity index (χ0v) is 11.6. The Bertz CT molecular complexity index is 292. The van der Waals surface area contributed by atoms with Gasteiger partial charge in [0.2, 0.25) is 0 Å². The van der Waals surface area contributed by atoms with Crippen molar-refractivity contribution < 1.29 is 4.74 Å². The Balaban J connectivity index is 2.50. The first-order valence-electron chi connectivity index (χ1n) is 5.98. The Hall–Kier alpha value is -0.380. The Kier molecular flexibility index (Phi) is 6.03. The number of thiophene rings is 1. The maximum atomic E-state index is 5.24. The van der Waals surface area contributed by atoms with Crippen molar-refractivity contribution in [2.45, 2.75) is 45.7 Å². The summed E-state index contributed by atoms with van der Waals surface area (Å²) in [5.74, 6) is 0. The van der Waals surface area contributed by atoms with E-state index in [1.165, 1.54) is 22.6 Å². The van der Waals surface area contributed by atoms with E-state index in [0.29, 0.717) is 12.1 Å². The molecule has 1 N–H and O–H groups in total. The Morgan fingerprint density at radius 2 is 2.19 bits per heavy atom. The zero-order valence-electron chi connectivity index (χ0n) is 10.7. The molecule has 2 atom stereocenters. The highest BCUT2D eigenvalue weighted by Crippen LogP contribution is 2.23. The number of ether oxygens (including phenoxy) is 1. The number of nitrogens with one attached hydrogen (secondary N) is 1. The standard InChI is InChI=1S/C13H23NOS/c1-5-6-12(9-15-4)14-11(3)13-8-7-10(2)16-13/h7-8,11-12,14H,5-6,9H2,1-4H3. The molecule has 92 valence electrons. The van der Waals surface area contributed by atoms with Gasteiger partial charge in [0.15, 0.2) is 0 Å². The molecule has 3 heteroatoms. The monoisotopic (exact) mass is 241 g/mol. The molecule has 1 aromatic rings. The van der Waals surface area contributed by atoms with Gasteiger partial charge in [-0.05, 0) is 32.4 Å². The lowest BCUT2D eigenvalue weighted by Crippen LogP contribution is -2.34. The lowest BCUT2D eigenvalue weighted by atomic mass is 10.1. The third-order valence-corrected chi connectivity index (χ3v) is 3.86. The van der Waals surface area contributed by atoms with Crippen LogP contribution in [0.15, 0.2) is 12.1 Å². The highest BCUT2D eigenvalue weighted by molar-refractivity contribution is 7.12. The van der Waals surface area contributed by atoms with Crippen molar-refractivity contribution in [3.63, 3.8) is 0 Å². The van der Waals surface area contributed by atoms with Crippen molar-refractivity contribution in [2.24, 2.45) is 0 Å². The minimum atomic E-state index is 0.422. The van der Waals surface area contributed by atoms with Gasteiger partial charge in [0.25, 0.3) is 0 Å². The predicted octanol–water partition coefficient (Wildman–Crippen LogP) is 3.52. The fourth-order valence-corrected chi connectivity index (χ4v) is 2.78. The third-order valence-electron chi connectivity index (χ3n) is 2.68. The van der Waals surface area contributed by atoms with Gasteiger partial charge in [-0.2, -0.15) is 0 Å². The summed E-state index contributed by atoms with van der Waals surface area (Å²) >= 11 is 1.87. The van der Waals surface area contributed by atoms with E-state index in [1.807, 2.05) is 11.3 Å². The largest absolute Gasteiger partial charge is 0.383 e. The third kappa shape index (κ3) is 4.24. The van der Waals surface area contributed by atoms with Crippen LogP contribution in [0.4, 0.5) is 0 Å². The molecule has 1 rings (SSSR count). The van der Waals surface area contributed by atoms with Crippen molar-refractivity contribution in [1.29, 1.82) is 0 Å². The molecular formula is C13H23NOS. The van der Waals surface area contributed by atoms with Crippen LogP contribution in [0.25, 0.3) is 0 Å². The number of aryl methyl sites for hydroxylation is 1. The summed E-state index contributed by atoms with van der Waals surface area (Å²) in [7, 11) is 1.77. The Morgan fingerprint density at radius 1 is 1.44 bits per heavy atom. The number of methoxy groups -OCH3 is 1. The van der Waals surface area contributed by atoms with E-state index in [2.05, 4.69) is 38.2 Å². The van der Waals surface area contributed by atoms with Gasteiger partial charge in [0.05, 0.1) is 6.61 Å². The minimum absolute atomic E-state index is 0.422. The maximum Gasteiger partial charge on any atom is 0.0616 e. The lowest BCUT2D eigenvalue weighted by Gasteiger charge is -2.21. The van der Waals surface area contributed by atoms with Crippen LogP contribution in [-0.2, 0) is 4.74 Å². The first kappa shape index (κ1) is 13.7. The van der Waals surface area contributed by atoms with Crippen molar-refractivity contribution in [3.05, 3.63) is 21.9 Å². The predicted molar refractivity (Wildman–Crippen MR) is 71.2 cm³/mol. The van der Waals surface area contributed by atoms with Crippen LogP contribution < -0.4 is 5.32 Å². The highest BCUT2D eigenvalue weighted by atomic mass is 32.1. The van der Waals surface area contributed by atoms with Crippen molar-refractivity contribution in [2.75, 3.05) is 13.7 Å². The Morgan fingerprint density at radius 3 is 2.69 bits per heavy atom. The topological polar surface area (TPSA) is 21.3 Å². The molecule has 1 aromatic heterocycles. The SMILES string of the molecule is CCCC(COC)NC(C)c1ccc(C)s1. The number of hydrogen-bond donors (Lipinski definition) is 1. The van der Waals surface area contributed by atoms with E-state index in [-0.39, 0.29) is 0 Å². The maximum absolute atomic E-state index is 5.24. The summed E-state index contributed by atoms with van der Waals surface area (Å²) in [4.78, 5) is 2.79. The fraction of sp³-hybridized carbons (Fsp3) is 0.692. The summed E-state index contributed by atoms with van der Waals surface area (Å²) in [6.07, 6.45) is 2.36. The first-order chi connectivity index (χ1) is 7.67. The summed E-state index contributed by atoms with van der Waals surface area (Å²) in [5.41, 5.74) is 0. The van der Waals surface area contributed by atoms with Crippen molar-refractivity contribution in [3.8, 4) is 0 Å². The fourth-order valence-electron chi connectivity index (χ4n) is 1.89. The quantitative estimate of drug-likeness (QED) is 0.788. The second-order valence-electron chi connectivity index (χ2n) is 4.28. The van der Waals surface area contributed by atoms with Gasteiger partial charge in [0, 0.05) is 28.9 Å². The van der Waals surface area contributed by atoms with E-state index in [4.69, 9.17) is 4.74 Å². The van der Waals surface area contributed by atoms with Crippen LogP contribution in [0.2, 0.25) is 0 Å². The molecule has 0 fully saturated rings. The van der Waals surface area contributed by atoms with Crippen LogP contribution in [0.5, 0.6) is 0 Å². The van der Waals surface area contributed by atoms with Crippen LogP contribution >= 0.6 is 11.3 Å². The summed E-state index contributed by atoms with van der Waals surface area (Å²) < 4.78 is 5.24. The first-order valence-corrected chi connectivity index (χ1v) is 6.80. The molecule has 1 heterocycles. The van der Waals surface area contributed by atoms with Gasteiger partial charge in [-0.1, -0.05) is 13.3 Å². The Labute approximate surface area is 103 Å². The highest BCUT2D eigenvalue weighted by Gasteiger charge is 2.13. The molecule has 2 nitrogen and oxygen atoms in total. The molecule has 2 unspecified atom stereocenters. The molecule has 0 radical (unpaired) electrons. The van der Waals surface area contributed by atoms with Crippen molar-refractivity contribution in [1.82, 2.24) is 5.32 Å². The van der Waals surface area contributed by atoms with Crippen molar-refractivity contribution >= 4 is 11.3 Å². The normalized spacial score (nSPS) is 15.0. The average Bonchev–Trinajstić information content (AvgIpc) is 2.65. The van der Waals surface area contributed by atoms with Crippen LogP contribution in [0.1, 0.15) is 42.5 Å². The van der Waals surface area contributed by atoms with Crippen LogP contribution in [0.3, 0.4) is 0 Å². The second kappa shape index (κ2) is 7.05. The van der Waals surface area contributed by atoms with Gasteiger partial charge in [-0.3, -0.25) is 0 Å². The van der Waals surface area contributed by atoms with E-state index in [9.17, 15) is 0 Å². The molecule has 0 bridgehead atoms. The summed E-state index contributed by atoms with van der Waals surface area (Å²) in [6, 6.07) is 5.29. The molecule has 0 saturated carbocycles. The average molecular weight is 241 g/mol. The molecule has 0 aliphatic carbocycles. The van der Waals surface area contributed by atoms with Gasteiger partial charge in [-0.25, -0.2) is 0 Å². The number of hydrogen-bond acceptors (Lipinski definition) is 3. The summed E-state index contributed by atoms with van der Waals surface area (Å²) in [6.45, 7) is 7.38. The van der Waals surface area contributed by atoms with Crippen LogP contribution in [-0.4, -0.2) is 19.8 Å². The molecule has 0 aromatic carbocycles. The molecule has 0 aliphatic rings. The molecule has 16 heavy (non-hydrogen) atoms. The smallest absolute Gasteiger partial charge is 0.0616 e. The molecule has 0 spiro atoms. The molecule has 0 aliphatic heterocycles. The molecule has 0 saturated heterocycles. The van der Waals surface area contributed by atoms with Gasteiger partial charge in [-0.15, -0.1) is 11.3 Å². The zero-order chi connectivity index (χ0) is 12.0. The number of rotatable bonds is 7. The lowest BCUT2D eigenvalue weighted by molar-refractivity contribution is 0.157. The minimum Gasteiger partial charge on any atom is -0.383 e. The van der Waals surface area contributed by atoms with E-state index < -0.39 is 0 Å². The van der Waals surface area contributed by atoms with E-state index in [0.717, 1.165) is 6.61 Å².